The molecule has 1 aromatic carbocycles. The van der Waals surface area contributed by atoms with Crippen LogP contribution in [0.25, 0.3) is 5.69 Å². The highest BCUT2D eigenvalue weighted by Gasteiger charge is 2.31. The van der Waals surface area contributed by atoms with Crippen LogP contribution in [0.15, 0.2) is 42.7 Å². The predicted molar refractivity (Wildman–Crippen MR) is 90.5 cm³/mol. The lowest BCUT2D eigenvalue weighted by molar-refractivity contribution is -0.136. The van der Waals surface area contributed by atoms with Gasteiger partial charge < -0.3 is 14.6 Å². The number of urea groups is 1. The lowest BCUT2D eigenvalue weighted by Crippen LogP contribution is -2.41. The second-order valence-electron chi connectivity index (χ2n) is 5.86. The van der Waals surface area contributed by atoms with Crippen molar-refractivity contribution in [1.82, 2.24) is 14.8 Å². The Kier molecular flexibility index (Phi) is 4.56. The van der Waals surface area contributed by atoms with Gasteiger partial charge in [-0.25, -0.2) is 9.59 Å². The molecule has 7 nitrogen and oxygen atoms in total. The van der Waals surface area contributed by atoms with Gasteiger partial charge in [-0.05, 0) is 43.7 Å². The quantitative estimate of drug-likeness (QED) is 0.861. The van der Waals surface area contributed by atoms with Crippen LogP contribution in [0.4, 0.5) is 4.79 Å². The van der Waals surface area contributed by atoms with Crippen molar-refractivity contribution < 1.29 is 19.1 Å². The first-order valence-corrected chi connectivity index (χ1v) is 8.01. The first-order valence-electron chi connectivity index (χ1n) is 8.01. The monoisotopic (exact) mass is 341 g/mol. The number of carbonyl (C=O) groups is 3. The minimum Gasteiger partial charge on any atom is -0.449 e. The first kappa shape index (κ1) is 16.8. The van der Waals surface area contributed by atoms with Crippen LogP contribution in [-0.2, 0) is 9.53 Å². The normalized spacial score (nSPS) is 15.0. The van der Waals surface area contributed by atoms with Crippen LogP contribution in [0.1, 0.15) is 22.8 Å². The molecular weight excluding hydrogens is 322 g/mol. The Labute approximate surface area is 145 Å². The summed E-state index contributed by atoms with van der Waals surface area (Å²) in [4.78, 5) is 37.2. The van der Waals surface area contributed by atoms with Gasteiger partial charge in [0.15, 0.2) is 6.10 Å². The standard InChI is InChI=1S/C18H19N3O4/c1-12-5-6-14(11-15(12)20-8-3-4-9-20)17(23)25-13(2)16(22)21-10-7-19-18(21)24/h3-6,8-9,11,13H,7,10H2,1-2H3,(H,19,24). The molecule has 130 valence electrons. The SMILES string of the molecule is Cc1ccc(C(=O)OC(C)C(=O)N2CCNC2=O)cc1-n1cccc1. The van der Waals surface area contributed by atoms with Crippen LogP contribution in [-0.4, -0.2) is 46.6 Å². The Bertz CT molecular complexity index is 814. The lowest BCUT2D eigenvalue weighted by Gasteiger charge is -2.18. The zero-order valence-corrected chi connectivity index (χ0v) is 14.1. The van der Waals surface area contributed by atoms with Gasteiger partial charge in [0.05, 0.1) is 5.56 Å². The highest BCUT2D eigenvalue weighted by Crippen LogP contribution is 2.18. The molecule has 0 aliphatic carbocycles. The number of hydrogen-bond donors (Lipinski definition) is 1. The van der Waals surface area contributed by atoms with E-state index in [0.29, 0.717) is 12.1 Å². The molecule has 1 aromatic heterocycles. The van der Waals surface area contributed by atoms with Gasteiger partial charge in [0.1, 0.15) is 0 Å². The highest BCUT2D eigenvalue weighted by atomic mass is 16.5. The third-order valence-corrected chi connectivity index (χ3v) is 4.08. The molecule has 0 saturated carbocycles. The van der Waals surface area contributed by atoms with Crippen molar-refractivity contribution in [3.05, 3.63) is 53.9 Å². The van der Waals surface area contributed by atoms with E-state index in [1.807, 2.05) is 42.1 Å². The molecule has 1 aliphatic heterocycles. The van der Waals surface area contributed by atoms with Crippen molar-refractivity contribution >= 4 is 17.9 Å². The maximum Gasteiger partial charge on any atom is 0.338 e. The van der Waals surface area contributed by atoms with Gasteiger partial charge in [0.25, 0.3) is 5.91 Å². The molecule has 25 heavy (non-hydrogen) atoms. The van der Waals surface area contributed by atoms with E-state index in [1.54, 1.807) is 12.1 Å². The van der Waals surface area contributed by atoms with E-state index in [9.17, 15) is 14.4 Å². The fourth-order valence-corrected chi connectivity index (χ4v) is 2.69. The van der Waals surface area contributed by atoms with E-state index >= 15 is 0 Å². The van der Waals surface area contributed by atoms with Crippen LogP contribution in [0.2, 0.25) is 0 Å². The van der Waals surface area contributed by atoms with Crippen LogP contribution in [0.3, 0.4) is 0 Å². The molecule has 0 bridgehead atoms. The Balaban J connectivity index is 1.74. The Morgan fingerprint density at radius 1 is 1.24 bits per heavy atom. The van der Waals surface area contributed by atoms with Gasteiger partial charge in [-0.1, -0.05) is 6.07 Å². The lowest BCUT2D eigenvalue weighted by atomic mass is 10.1. The van der Waals surface area contributed by atoms with Crippen LogP contribution in [0, 0.1) is 6.92 Å². The van der Waals surface area contributed by atoms with Crippen molar-refractivity contribution in [2.45, 2.75) is 20.0 Å². The number of imide groups is 1. The minimum absolute atomic E-state index is 0.280. The minimum atomic E-state index is -1.03. The number of rotatable bonds is 4. The molecule has 1 unspecified atom stereocenters. The summed E-state index contributed by atoms with van der Waals surface area (Å²) in [6.45, 7) is 4.10. The van der Waals surface area contributed by atoms with E-state index < -0.39 is 24.0 Å². The molecule has 1 aliphatic rings. The summed E-state index contributed by atoms with van der Waals surface area (Å²) in [5, 5.41) is 2.54. The summed E-state index contributed by atoms with van der Waals surface area (Å²) in [5.41, 5.74) is 2.21. The Hall–Kier alpha value is -3.09. The average molecular weight is 341 g/mol. The number of hydrogen-bond acceptors (Lipinski definition) is 4. The molecule has 1 fully saturated rings. The number of benzene rings is 1. The largest absolute Gasteiger partial charge is 0.449 e. The number of nitrogens with zero attached hydrogens (tertiary/aromatic N) is 2. The summed E-state index contributed by atoms with van der Waals surface area (Å²) in [7, 11) is 0. The summed E-state index contributed by atoms with van der Waals surface area (Å²) in [6, 6.07) is 8.53. The van der Waals surface area contributed by atoms with E-state index in [0.717, 1.165) is 16.2 Å². The molecule has 1 saturated heterocycles. The molecular formula is C18H19N3O4. The summed E-state index contributed by atoms with van der Waals surface area (Å²) < 4.78 is 7.15. The fraction of sp³-hybridized carbons (Fsp3) is 0.278. The van der Waals surface area contributed by atoms with Gasteiger partial charge >= 0.3 is 12.0 Å². The average Bonchev–Trinajstić information content (AvgIpc) is 3.26. The van der Waals surface area contributed by atoms with E-state index in [-0.39, 0.29) is 6.54 Å². The van der Waals surface area contributed by atoms with Crippen LogP contribution < -0.4 is 5.32 Å². The van der Waals surface area contributed by atoms with Crippen LogP contribution in [0.5, 0.6) is 0 Å². The smallest absolute Gasteiger partial charge is 0.338 e. The number of ether oxygens (including phenoxy) is 1. The van der Waals surface area contributed by atoms with E-state index in [4.69, 9.17) is 4.74 Å². The topological polar surface area (TPSA) is 80.6 Å². The summed E-state index contributed by atoms with van der Waals surface area (Å²) in [6.07, 6.45) is 2.73. The molecule has 2 heterocycles. The predicted octanol–water partition coefficient (Wildman–Crippen LogP) is 1.88. The van der Waals surface area contributed by atoms with E-state index in [2.05, 4.69) is 5.32 Å². The Morgan fingerprint density at radius 3 is 2.60 bits per heavy atom. The van der Waals surface area contributed by atoms with Crippen molar-refractivity contribution in [2.75, 3.05) is 13.1 Å². The molecule has 0 radical (unpaired) electrons. The number of esters is 1. The molecule has 0 spiro atoms. The van der Waals surface area contributed by atoms with Gasteiger partial charge in [-0.2, -0.15) is 0 Å². The highest BCUT2D eigenvalue weighted by molar-refractivity contribution is 5.99. The van der Waals surface area contributed by atoms with Crippen LogP contribution >= 0.6 is 0 Å². The number of carbonyl (C=O) groups excluding carboxylic acids is 3. The summed E-state index contributed by atoms with van der Waals surface area (Å²) in [5.74, 6) is -1.13. The maximum atomic E-state index is 12.4. The molecule has 1 N–H and O–H groups in total. The van der Waals surface area contributed by atoms with Gasteiger partial charge in [0.2, 0.25) is 0 Å². The van der Waals surface area contributed by atoms with Gasteiger partial charge in [0, 0.05) is 31.2 Å². The zero-order valence-electron chi connectivity index (χ0n) is 14.1. The molecule has 3 rings (SSSR count). The molecule has 1 atom stereocenters. The van der Waals surface area contributed by atoms with Gasteiger partial charge in [-0.15, -0.1) is 0 Å². The first-order chi connectivity index (χ1) is 12.0. The van der Waals surface area contributed by atoms with Crippen molar-refractivity contribution in [3.8, 4) is 5.69 Å². The van der Waals surface area contributed by atoms with Crippen molar-refractivity contribution in [2.24, 2.45) is 0 Å². The fourth-order valence-electron chi connectivity index (χ4n) is 2.69. The Morgan fingerprint density at radius 2 is 1.96 bits per heavy atom. The summed E-state index contributed by atoms with van der Waals surface area (Å²) >= 11 is 0. The van der Waals surface area contributed by atoms with Gasteiger partial charge in [-0.3, -0.25) is 9.69 Å². The second-order valence-corrected chi connectivity index (χ2v) is 5.86. The maximum absolute atomic E-state index is 12.4. The molecule has 7 heteroatoms. The van der Waals surface area contributed by atoms with Crippen molar-refractivity contribution in [1.29, 1.82) is 0 Å². The zero-order chi connectivity index (χ0) is 18.0. The second kappa shape index (κ2) is 6.80. The van der Waals surface area contributed by atoms with E-state index in [1.165, 1.54) is 6.92 Å². The third kappa shape index (κ3) is 3.40. The third-order valence-electron chi connectivity index (χ3n) is 4.08. The number of nitrogens with one attached hydrogen (secondary N) is 1. The molecule has 3 amide bonds. The number of aryl methyl sites for hydroxylation is 1. The number of aromatic nitrogens is 1. The van der Waals surface area contributed by atoms with Crippen molar-refractivity contribution in [3.63, 3.8) is 0 Å². The number of amides is 3. The molecule has 2 aromatic rings.